The van der Waals surface area contributed by atoms with Gasteiger partial charge in [0.05, 0.1) is 5.56 Å². The number of carbonyl (C=O) groups is 1. The van der Waals surface area contributed by atoms with E-state index in [9.17, 15) is 9.18 Å². The lowest BCUT2D eigenvalue weighted by molar-refractivity contribution is 0.102. The van der Waals surface area contributed by atoms with Crippen LogP contribution in [0.4, 0.5) is 15.8 Å². The molecule has 0 aliphatic heterocycles. The Morgan fingerprint density at radius 1 is 1.30 bits per heavy atom. The van der Waals surface area contributed by atoms with Crippen molar-refractivity contribution in [1.82, 2.24) is 0 Å². The number of nitrogen functional groups attached to an aromatic ring is 1. The van der Waals surface area contributed by atoms with Gasteiger partial charge in [0.1, 0.15) is 11.9 Å². The molecule has 100 valence electrons. The van der Waals surface area contributed by atoms with Crippen LogP contribution in [-0.2, 0) is 0 Å². The monoisotopic (exact) mass is 269 g/mol. The average Bonchev–Trinajstić information content (AvgIpc) is 2.43. The summed E-state index contributed by atoms with van der Waals surface area (Å²) in [6.07, 6.45) is 0. The maximum Gasteiger partial charge on any atom is 0.255 e. The number of benzene rings is 2. The van der Waals surface area contributed by atoms with Gasteiger partial charge in [0.25, 0.3) is 5.91 Å². The van der Waals surface area contributed by atoms with Gasteiger partial charge >= 0.3 is 0 Å². The number of halogens is 1. The number of carbonyl (C=O) groups excluding carboxylic acids is 1. The van der Waals surface area contributed by atoms with Crippen LogP contribution in [0.1, 0.15) is 21.5 Å². The first kappa shape index (κ1) is 13.6. The molecule has 2 aromatic carbocycles. The molecule has 0 saturated carbocycles. The van der Waals surface area contributed by atoms with Crippen molar-refractivity contribution in [2.24, 2.45) is 0 Å². The molecule has 0 aromatic heterocycles. The minimum absolute atomic E-state index is 0.119. The van der Waals surface area contributed by atoms with E-state index in [0.717, 1.165) is 11.6 Å². The molecule has 5 heteroatoms. The van der Waals surface area contributed by atoms with Crippen LogP contribution in [0.3, 0.4) is 0 Å². The Morgan fingerprint density at radius 2 is 2.05 bits per heavy atom. The van der Waals surface area contributed by atoms with Crippen LogP contribution >= 0.6 is 0 Å². The molecule has 0 radical (unpaired) electrons. The van der Waals surface area contributed by atoms with Crippen LogP contribution in [-0.4, -0.2) is 5.91 Å². The summed E-state index contributed by atoms with van der Waals surface area (Å²) in [5.74, 6) is -0.989. The van der Waals surface area contributed by atoms with E-state index < -0.39 is 5.82 Å². The van der Waals surface area contributed by atoms with Gasteiger partial charge in [-0.05, 0) is 42.8 Å². The molecular weight excluding hydrogens is 257 g/mol. The molecule has 0 fully saturated rings. The van der Waals surface area contributed by atoms with Gasteiger partial charge in [-0.1, -0.05) is 6.07 Å². The van der Waals surface area contributed by atoms with Crippen molar-refractivity contribution >= 4 is 17.3 Å². The maximum atomic E-state index is 13.2. The number of hydrogen-bond acceptors (Lipinski definition) is 3. The molecule has 0 spiro atoms. The molecule has 0 heterocycles. The third kappa shape index (κ3) is 2.75. The van der Waals surface area contributed by atoms with E-state index in [0.29, 0.717) is 16.9 Å². The molecule has 0 saturated heterocycles. The highest BCUT2D eigenvalue weighted by molar-refractivity contribution is 6.04. The molecule has 2 rings (SSSR count). The van der Waals surface area contributed by atoms with Gasteiger partial charge in [-0.25, -0.2) is 4.39 Å². The molecule has 0 bridgehead atoms. The second-order valence-electron chi connectivity index (χ2n) is 4.33. The van der Waals surface area contributed by atoms with Crippen LogP contribution in [0, 0.1) is 24.1 Å². The summed E-state index contributed by atoms with van der Waals surface area (Å²) < 4.78 is 13.2. The lowest BCUT2D eigenvalue weighted by Gasteiger charge is -2.07. The number of anilines is 2. The largest absolute Gasteiger partial charge is 0.398 e. The smallest absolute Gasteiger partial charge is 0.255 e. The molecule has 0 aliphatic carbocycles. The van der Waals surface area contributed by atoms with Crippen molar-refractivity contribution in [2.75, 3.05) is 11.1 Å². The summed E-state index contributed by atoms with van der Waals surface area (Å²) in [6.45, 7) is 1.84. The van der Waals surface area contributed by atoms with Crippen LogP contribution in [0.2, 0.25) is 0 Å². The molecule has 4 nitrogen and oxygen atoms in total. The van der Waals surface area contributed by atoms with Crippen molar-refractivity contribution in [3.8, 4) is 6.07 Å². The molecule has 1 amide bonds. The second kappa shape index (κ2) is 5.41. The van der Waals surface area contributed by atoms with Crippen LogP contribution in [0.5, 0.6) is 0 Å². The zero-order valence-electron chi connectivity index (χ0n) is 10.8. The molecule has 0 unspecified atom stereocenters. The highest BCUT2D eigenvalue weighted by Crippen LogP contribution is 2.17. The number of nitriles is 1. The fraction of sp³-hybridized carbons (Fsp3) is 0.0667. The summed E-state index contributed by atoms with van der Waals surface area (Å²) in [7, 11) is 0. The number of nitrogens with zero attached hydrogens (tertiary/aromatic N) is 1. The number of hydrogen-bond donors (Lipinski definition) is 2. The Labute approximate surface area is 115 Å². The van der Waals surface area contributed by atoms with E-state index in [1.165, 1.54) is 12.1 Å². The first-order valence-electron chi connectivity index (χ1n) is 5.88. The van der Waals surface area contributed by atoms with Crippen molar-refractivity contribution < 1.29 is 9.18 Å². The summed E-state index contributed by atoms with van der Waals surface area (Å²) >= 11 is 0. The minimum atomic E-state index is -0.620. The number of rotatable bonds is 2. The van der Waals surface area contributed by atoms with Crippen molar-refractivity contribution in [2.45, 2.75) is 6.92 Å². The Kier molecular flexibility index (Phi) is 3.67. The van der Waals surface area contributed by atoms with Crippen LogP contribution in [0.25, 0.3) is 0 Å². The molecular formula is C15H12FN3O. The topological polar surface area (TPSA) is 78.9 Å². The summed E-state index contributed by atoms with van der Waals surface area (Å²) in [5, 5.41) is 11.3. The molecule has 20 heavy (non-hydrogen) atoms. The van der Waals surface area contributed by atoms with E-state index in [-0.39, 0.29) is 11.5 Å². The Morgan fingerprint density at radius 3 is 2.70 bits per heavy atom. The first-order chi connectivity index (χ1) is 9.51. The lowest BCUT2D eigenvalue weighted by atomic mass is 10.1. The third-order valence-corrected chi connectivity index (χ3v) is 2.89. The van der Waals surface area contributed by atoms with Crippen LogP contribution in [0.15, 0.2) is 36.4 Å². The highest BCUT2D eigenvalue weighted by Gasteiger charge is 2.09. The van der Waals surface area contributed by atoms with E-state index in [2.05, 4.69) is 5.32 Å². The van der Waals surface area contributed by atoms with Crippen molar-refractivity contribution in [3.63, 3.8) is 0 Å². The van der Waals surface area contributed by atoms with E-state index >= 15 is 0 Å². The van der Waals surface area contributed by atoms with Gasteiger partial charge < -0.3 is 11.1 Å². The fourth-order valence-electron chi connectivity index (χ4n) is 1.67. The summed E-state index contributed by atoms with van der Waals surface area (Å²) in [5.41, 5.74) is 7.79. The normalized spacial score (nSPS) is 9.85. The number of aryl methyl sites for hydroxylation is 1. The minimum Gasteiger partial charge on any atom is -0.398 e. The average molecular weight is 269 g/mol. The van der Waals surface area contributed by atoms with Gasteiger partial charge in [0, 0.05) is 16.9 Å². The SMILES string of the molecule is Cc1ccc(C(=O)Nc2ccc(F)c(C#N)c2)cc1N. The highest BCUT2D eigenvalue weighted by atomic mass is 19.1. The number of amides is 1. The van der Waals surface area contributed by atoms with E-state index in [4.69, 9.17) is 11.0 Å². The van der Waals surface area contributed by atoms with Crippen molar-refractivity contribution in [3.05, 3.63) is 58.9 Å². The summed E-state index contributed by atoms with van der Waals surface area (Å²) in [4.78, 5) is 12.0. The molecule has 3 N–H and O–H groups in total. The van der Waals surface area contributed by atoms with Crippen molar-refractivity contribution in [1.29, 1.82) is 5.26 Å². The fourth-order valence-corrected chi connectivity index (χ4v) is 1.67. The lowest BCUT2D eigenvalue weighted by Crippen LogP contribution is -2.12. The predicted molar refractivity (Wildman–Crippen MR) is 74.7 cm³/mol. The zero-order chi connectivity index (χ0) is 14.7. The molecule has 0 atom stereocenters. The van der Waals surface area contributed by atoms with Gasteiger partial charge in [-0.3, -0.25) is 4.79 Å². The van der Waals surface area contributed by atoms with E-state index in [1.807, 2.05) is 6.92 Å². The standard InChI is InChI=1S/C15H12FN3O/c1-9-2-3-10(7-14(9)18)15(20)19-12-4-5-13(16)11(6-12)8-17/h2-7H,18H2,1H3,(H,19,20). The zero-order valence-corrected chi connectivity index (χ0v) is 10.8. The first-order valence-corrected chi connectivity index (χ1v) is 5.88. The Bertz CT molecular complexity index is 720. The predicted octanol–water partition coefficient (Wildman–Crippen LogP) is 2.84. The van der Waals surface area contributed by atoms with Crippen LogP contribution < -0.4 is 11.1 Å². The molecule has 2 aromatic rings. The quantitative estimate of drug-likeness (QED) is 0.823. The van der Waals surface area contributed by atoms with E-state index in [1.54, 1.807) is 24.3 Å². The van der Waals surface area contributed by atoms with Gasteiger partial charge in [0.2, 0.25) is 0 Å². The number of nitrogens with two attached hydrogens (primary N) is 1. The number of nitrogens with one attached hydrogen (secondary N) is 1. The van der Waals surface area contributed by atoms with Gasteiger partial charge in [0.15, 0.2) is 0 Å². The third-order valence-electron chi connectivity index (χ3n) is 2.89. The second-order valence-corrected chi connectivity index (χ2v) is 4.33. The maximum absolute atomic E-state index is 13.2. The van der Waals surface area contributed by atoms with Gasteiger partial charge in [-0.2, -0.15) is 5.26 Å². The Balaban J connectivity index is 2.23. The Hall–Kier alpha value is -2.87. The summed E-state index contributed by atoms with van der Waals surface area (Å²) in [6, 6.07) is 10.5. The molecule has 0 aliphatic rings. The van der Waals surface area contributed by atoms with Gasteiger partial charge in [-0.15, -0.1) is 0 Å².